The highest BCUT2D eigenvalue weighted by Crippen LogP contribution is 2.34. The van der Waals surface area contributed by atoms with E-state index in [1.165, 1.54) is 5.41 Å². The quantitative estimate of drug-likeness (QED) is 0.619. The Morgan fingerprint density at radius 3 is 1.75 bits per heavy atom. The van der Waals surface area contributed by atoms with Crippen LogP contribution in [0.1, 0.15) is 22.7 Å². The molecule has 1 aliphatic rings. The molecule has 0 saturated carbocycles. The molecule has 0 spiro atoms. The van der Waals surface area contributed by atoms with E-state index in [1.54, 1.807) is 0 Å². The molecule has 0 unspecified atom stereocenters. The van der Waals surface area contributed by atoms with E-state index in [9.17, 15) is 8.42 Å². The van der Waals surface area contributed by atoms with Gasteiger partial charge in [-0.15, -0.1) is 0 Å². The summed E-state index contributed by atoms with van der Waals surface area (Å²) >= 11 is 0. The molecule has 0 aliphatic carbocycles. The highest BCUT2D eigenvalue weighted by Gasteiger charge is 2.33. The lowest BCUT2D eigenvalue weighted by Gasteiger charge is -2.36. The molecule has 3 aromatic carbocycles. The van der Waals surface area contributed by atoms with Gasteiger partial charge in [0.25, 0.3) is 0 Å². The molecule has 1 heterocycles. The Kier molecular flexibility index (Phi) is 5.42. The molecule has 142 valence electrons. The largest absolute Gasteiger partial charge is 0.281 e. The zero-order valence-corrected chi connectivity index (χ0v) is 16.4. The third-order valence-corrected chi connectivity index (χ3v) is 6.49. The fourth-order valence-electron chi connectivity index (χ4n) is 3.81. The summed E-state index contributed by atoms with van der Waals surface area (Å²) in [5.74, 6) is 0.121. The number of hydrogen-bond acceptors (Lipinski definition) is 3. The second kappa shape index (κ2) is 8.13. The van der Waals surface area contributed by atoms with E-state index in [2.05, 4.69) is 41.3 Å². The van der Waals surface area contributed by atoms with Crippen LogP contribution in [-0.4, -0.2) is 25.1 Å². The number of hydrogen-bond donors (Lipinski definition) is 0. The van der Waals surface area contributed by atoms with E-state index in [0.29, 0.717) is 6.54 Å². The second-order valence-corrected chi connectivity index (χ2v) is 9.04. The van der Waals surface area contributed by atoms with Crippen LogP contribution in [-0.2, 0) is 16.4 Å². The van der Waals surface area contributed by atoms with Crippen molar-refractivity contribution < 1.29 is 8.42 Å². The maximum atomic E-state index is 12.2. The molecule has 4 heteroatoms. The van der Waals surface area contributed by atoms with E-state index in [-0.39, 0.29) is 17.8 Å². The van der Waals surface area contributed by atoms with Gasteiger partial charge in [-0.25, -0.2) is 8.42 Å². The number of benzene rings is 3. The Balaban J connectivity index is 1.80. The predicted molar refractivity (Wildman–Crippen MR) is 113 cm³/mol. The van der Waals surface area contributed by atoms with Gasteiger partial charge in [0.05, 0.1) is 11.8 Å². The summed E-state index contributed by atoms with van der Waals surface area (Å²) in [5, 5.41) is 1.36. The van der Waals surface area contributed by atoms with Gasteiger partial charge in [-0.2, -0.15) is 0 Å². The molecule has 1 aliphatic heterocycles. The maximum absolute atomic E-state index is 12.2. The molecule has 1 atom stereocenters. The van der Waals surface area contributed by atoms with Crippen LogP contribution in [0.25, 0.3) is 0 Å². The maximum Gasteiger partial charge on any atom is 0.173 e. The Bertz CT molecular complexity index is 992. The van der Waals surface area contributed by atoms with Crippen LogP contribution >= 0.6 is 0 Å². The summed E-state index contributed by atoms with van der Waals surface area (Å²) in [6.45, 7) is 0.666. The molecule has 0 N–H and O–H groups in total. The second-order valence-electron chi connectivity index (χ2n) is 7.11. The highest BCUT2D eigenvalue weighted by atomic mass is 32.2. The van der Waals surface area contributed by atoms with Crippen LogP contribution in [0.4, 0.5) is 0 Å². The van der Waals surface area contributed by atoms with Gasteiger partial charge in [0.15, 0.2) is 9.84 Å². The van der Waals surface area contributed by atoms with E-state index in [4.69, 9.17) is 0 Å². The van der Waals surface area contributed by atoms with Crippen molar-refractivity contribution in [3.05, 3.63) is 119 Å². The van der Waals surface area contributed by atoms with E-state index in [1.807, 2.05) is 60.7 Å². The summed E-state index contributed by atoms with van der Waals surface area (Å²) in [5.41, 5.74) is 3.47. The third-order valence-electron chi connectivity index (χ3n) is 5.11. The first-order valence-electron chi connectivity index (χ1n) is 9.43. The summed E-state index contributed by atoms with van der Waals surface area (Å²) < 4.78 is 24.4. The molecule has 3 aromatic rings. The topological polar surface area (TPSA) is 37.4 Å². The van der Waals surface area contributed by atoms with Gasteiger partial charge in [-0.05, 0) is 16.7 Å². The van der Waals surface area contributed by atoms with E-state index < -0.39 is 9.84 Å². The van der Waals surface area contributed by atoms with Gasteiger partial charge < -0.3 is 0 Å². The first kappa shape index (κ1) is 18.7. The van der Waals surface area contributed by atoms with Crippen molar-refractivity contribution >= 4 is 9.84 Å². The molecule has 0 amide bonds. The van der Waals surface area contributed by atoms with Gasteiger partial charge >= 0.3 is 0 Å². The van der Waals surface area contributed by atoms with Crippen molar-refractivity contribution in [3.8, 4) is 0 Å². The number of sulfone groups is 1. The van der Waals surface area contributed by atoms with Gasteiger partial charge in [-0.1, -0.05) is 97.1 Å². The van der Waals surface area contributed by atoms with Crippen molar-refractivity contribution in [2.45, 2.75) is 18.6 Å². The standard InChI is InChI=1S/C24H23NO2S/c26-28(27)17-16-23(19-28)25(18-20-10-4-1-5-11-20)24(21-12-6-2-7-13-21)22-14-8-3-9-15-22/h1-17,23-24H,18-19H2/t23-/m1/s1. The molecule has 3 nitrogen and oxygen atoms in total. The van der Waals surface area contributed by atoms with Crippen molar-refractivity contribution in [1.82, 2.24) is 4.90 Å². The van der Waals surface area contributed by atoms with Crippen LogP contribution in [0.3, 0.4) is 0 Å². The zero-order chi connectivity index (χ0) is 19.4. The summed E-state index contributed by atoms with van der Waals surface area (Å²) in [7, 11) is -3.15. The van der Waals surface area contributed by atoms with Crippen LogP contribution in [0.2, 0.25) is 0 Å². The molecule has 28 heavy (non-hydrogen) atoms. The zero-order valence-electron chi connectivity index (χ0n) is 15.6. The van der Waals surface area contributed by atoms with Gasteiger partial charge in [-0.3, -0.25) is 4.90 Å². The predicted octanol–water partition coefficient (Wildman–Crippen LogP) is 4.59. The van der Waals surface area contributed by atoms with Crippen molar-refractivity contribution in [2.75, 3.05) is 5.75 Å². The lowest BCUT2D eigenvalue weighted by molar-refractivity contribution is 0.188. The average molecular weight is 390 g/mol. The van der Waals surface area contributed by atoms with Crippen LogP contribution in [0.5, 0.6) is 0 Å². The summed E-state index contributed by atoms with van der Waals surface area (Å²) in [4.78, 5) is 2.29. The molecule has 4 rings (SSSR count). The van der Waals surface area contributed by atoms with Gasteiger partial charge in [0, 0.05) is 18.0 Å². The Hall–Kier alpha value is -2.69. The average Bonchev–Trinajstić information content (AvgIpc) is 3.09. The number of rotatable bonds is 6. The fourth-order valence-corrected chi connectivity index (χ4v) is 5.12. The lowest BCUT2D eigenvalue weighted by atomic mass is 9.95. The van der Waals surface area contributed by atoms with Gasteiger partial charge in [0.2, 0.25) is 0 Å². The number of nitrogens with zero attached hydrogens (tertiary/aromatic N) is 1. The van der Waals surface area contributed by atoms with E-state index in [0.717, 1.165) is 16.7 Å². The molecular formula is C24H23NO2S. The van der Waals surface area contributed by atoms with Crippen LogP contribution < -0.4 is 0 Å². The monoisotopic (exact) mass is 389 g/mol. The first-order valence-corrected chi connectivity index (χ1v) is 11.1. The molecule has 0 bridgehead atoms. The lowest BCUT2D eigenvalue weighted by Crippen LogP contribution is -2.39. The minimum Gasteiger partial charge on any atom is -0.281 e. The SMILES string of the molecule is O=S1(=O)C=C[C@@H](N(Cc2ccccc2)C(c2ccccc2)c2ccccc2)C1. The molecule has 0 saturated heterocycles. The Morgan fingerprint density at radius 2 is 1.29 bits per heavy atom. The van der Waals surface area contributed by atoms with Crippen molar-refractivity contribution in [1.29, 1.82) is 0 Å². The molecular weight excluding hydrogens is 366 g/mol. The first-order chi connectivity index (χ1) is 13.6. The third kappa shape index (κ3) is 4.24. The minimum atomic E-state index is -3.15. The molecule has 0 aromatic heterocycles. The van der Waals surface area contributed by atoms with Gasteiger partial charge in [0.1, 0.15) is 0 Å². The van der Waals surface area contributed by atoms with Crippen LogP contribution in [0, 0.1) is 0 Å². The van der Waals surface area contributed by atoms with E-state index >= 15 is 0 Å². The van der Waals surface area contributed by atoms with Crippen molar-refractivity contribution in [2.24, 2.45) is 0 Å². The minimum absolute atomic E-state index is 0.0365. The summed E-state index contributed by atoms with van der Waals surface area (Å²) in [6.07, 6.45) is 1.83. The Morgan fingerprint density at radius 1 is 0.786 bits per heavy atom. The molecule has 0 radical (unpaired) electrons. The Labute approximate surface area is 166 Å². The fraction of sp³-hybridized carbons (Fsp3) is 0.167. The van der Waals surface area contributed by atoms with Crippen LogP contribution in [0.15, 0.2) is 102 Å². The highest BCUT2D eigenvalue weighted by molar-refractivity contribution is 7.94. The summed E-state index contributed by atoms with van der Waals surface area (Å²) in [6, 6.07) is 30.6. The normalized spacial score (nSPS) is 18.0. The van der Waals surface area contributed by atoms with Crippen molar-refractivity contribution in [3.63, 3.8) is 0 Å². The molecule has 0 fully saturated rings. The smallest absolute Gasteiger partial charge is 0.173 e.